The third kappa shape index (κ3) is 5.21. The molecule has 1 N–H and O–H groups in total. The smallest absolute Gasteiger partial charge is 0.226 e. The van der Waals surface area contributed by atoms with Crippen molar-refractivity contribution in [2.45, 2.75) is 31.7 Å². The molecule has 0 amide bonds. The van der Waals surface area contributed by atoms with Crippen LogP contribution >= 0.6 is 11.6 Å². The van der Waals surface area contributed by atoms with E-state index in [0.717, 1.165) is 78.7 Å². The SMILES string of the molecule is COc1cccc2c1CC(=CCCN1CCC(Nc3ccc(Cl)cc3)CC1)c1cccnc1O2. The Morgan fingerprint density at radius 3 is 2.74 bits per heavy atom. The van der Waals surface area contributed by atoms with Gasteiger partial charge in [-0.1, -0.05) is 23.7 Å². The second kappa shape index (κ2) is 10.5. The van der Waals surface area contributed by atoms with Crippen LogP contribution in [0, 0.1) is 0 Å². The summed E-state index contributed by atoms with van der Waals surface area (Å²) in [5.41, 5.74) is 4.52. The van der Waals surface area contributed by atoms with Crippen LogP contribution in [-0.4, -0.2) is 42.7 Å². The maximum absolute atomic E-state index is 6.18. The van der Waals surface area contributed by atoms with E-state index < -0.39 is 0 Å². The number of hydrogen-bond acceptors (Lipinski definition) is 5. The molecule has 0 unspecified atom stereocenters. The average molecular weight is 476 g/mol. The highest BCUT2D eigenvalue weighted by Gasteiger charge is 2.23. The van der Waals surface area contributed by atoms with Gasteiger partial charge in [0.2, 0.25) is 5.88 Å². The van der Waals surface area contributed by atoms with Gasteiger partial charge >= 0.3 is 0 Å². The highest BCUT2D eigenvalue weighted by atomic mass is 35.5. The number of hydrogen-bond donors (Lipinski definition) is 1. The summed E-state index contributed by atoms with van der Waals surface area (Å²) in [6.45, 7) is 3.26. The molecule has 34 heavy (non-hydrogen) atoms. The first-order valence-electron chi connectivity index (χ1n) is 11.9. The maximum atomic E-state index is 6.18. The molecular formula is C28H30ClN3O2. The minimum atomic E-state index is 0.511. The van der Waals surface area contributed by atoms with Gasteiger partial charge in [0.25, 0.3) is 0 Å². The number of allylic oxidation sites excluding steroid dienone is 1. The second-order valence-corrected chi connectivity index (χ2v) is 9.29. The molecule has 1 saturated heterocycles. The van der Waals surface area contributed by atoms with Gasteiger partial charge in [0, 0.05) is 60.1 Å². The molecule has 2 aliphatic heterocycles. The van der Waals surface area contributed by atoms with Crippen molar-refractivity contribution in [3.05, 3.63) is 83.0 Å². The Morgan fingerprint density at radius 2 is 1.94 bits per heavy atom. The Hall–Kier alpha value is -3.02. The molecule has 2 aromatic carbocycles. The van der Waals surface area contributed by atoms with Crippen LogP contribution in [-0.2, 0) is 6.42 Å². The number of fused-ring (bicyclic) bond motifs is 2. The number of benzene rings is 2. The Bertz CT molecular complexity index is 1150. The van der Waals surface area contributed by atoms with E-state index in [2.05, 4.69) is 39.5 Å². The van der Waals surface area contributed by atoms with Crippen molar-refractivity contribution in [2.75, 3.05) is 32.1 Å². The van der Waals surface area contributed by atoms with Crippen LogP contribution in [0.15, 0.2) is 66.9 Å². The minimum Gasteiger partial charge on any atom is -0.496 e. The topological polar surface area (TPSA) is 46.6 Å². The lowest BCUT2D eigenvalue weighted by Gasteiger charge is -2.32. The molecule has 0 spiro atoms. The van der Waals surface area contributed by atoms with E-state index in [0.29, 0.717) is 11.9 Å². The van der Waals surface area contributed by atoms with Gasteiger partial charge in [0.15, 0.2) is 0 Å². The number of nitrogens with zero attached hydrogens (tertiary/aromatic N) is 2. The minimum absolute atomic E-state index is 0.511. The zero-order valence-corrected chi connectivity index (χ0v) is 20.2. The monoisotopic (exact) mass is 475 g/mol. The molecule has 1 fully saturated rings. The van der Waals surface area contributed by atoms with Crippen LogP contribution in [0.1, 0.15) is 30.4 Å². The summed E-state index contributed by atoms with van der Waals surface area (Å²) in [4.78, 5) is 7.06. The number of halogens is 1. The summed E-state index contributed by atoms with van der Waals surface area (Å²) in [6, 6.07) is 18.5. The maximum Gasteiger partial charge on any atom is 0.226 e. The van der Waals surface area contributed by atoms with E-state index >= 15 is 0 Å². The highest BCUT2D eigenvalue weighted by molar-refractivity contribution is 6.30. The Labute approximate surface area is 206 Å². The van der Waals surface area contributed by atoms with Crippen molar-refractivity contribution in [3.63, 3.8) is 0 Å². The van der Waals surface area contributed by atoms with Crippen LogP contribution in [0.3, 0.4) is 0 Å². The fraction of sp³-hybridized carbons (Fsp3) is 0.321. The van der Waals surface area contributed by atoms with Gasteiger partial charge in [-0.15, -0.1) is 0 Å². The predicted molar refractivity (Wildman–Crippen MR) is 138 cm³/mol. The van der Waals surface area contributed by atoms with Crippen molar-refractivity contribution in [1.82, 2.24) is 9.88 Å². The molecule has 6 heteroatoms. The number of piperidine rings is 1. The van der Waals surface area contributed by atoms with Gasteiger partial charge in [-0.05, 0) is 73.4 Å². The van der Waals surface area contributed by atoms with Gasteiger partial charge < -0.3 is 19.7 Å². The number of ether oxygens (including phenoxy) is 2. The first-order valence-corrected chi connectivity index (χ1v) is 12.3. The van der Waals surface area contributed by atoms with Crippen molar-refractivity contribution in [2.24, 2.45) is 0 Å². The summed E-state index contributed by atoms with van der Waals surface area (Å²) in [7, 11) is 1.71. The summed E-state index contributed by atoms with van der Waals surface area (Å²) in [6.07, 6.45) is 8.18. The Balaban J connectivity index is 1.22. The van der Waals surface area contributed by atoms with E-state index in [1.165, 1.54) is 5.57 Å². The van der Waals surface area contributed by atoms with Crippen molar-refractivity contribution >= 4 is 22.9 Å². The molecule has 5 nitrogen and oxygen atoms in total. The van der Waals surface area contributed by atoms with E-state index in [1.807, 2.05) is 36.4 Å². The number of nitrogens with one attached hydrogen (secondary N) is 1. The standard InChI is InChI=1S/C28H30ClN3O2/c1-33-26-7-2-8-27-25(26)19-20(24-6-3-15-30-28(24)34-27)5-4-16-32-17-13-23(14-18-32)31-22-11-9-21(29)10-12-22/h2-3,5-12,15,23,31H,4,13-14,16-19H2,1H3. The van der Waals surface area contributed by atoms with Gasteiger partial charge in [-0.3, -0.25) is 0 Å². The fourth-order valence-electron chi connectivity index (χ4n) is 4.80. The van der Waals surface area contributed by atoms with E-state index in [4.69, 9.17) is 21.1 Å². The molecule has 1 aromatic heterocycles. The molecule has 3 heterocycles. The largest absolute Gasteiger partial charge is 0.496 e. The zero-order valence-electron chi connectivity index (χ0n) is 19.5. The third-order valence-corrected chi connectivity index (χ3v) is 6.89. The van der Waals surface area contributed by atoms with Crippen LogP contribution in [0.25, 0.3) is 5.57 Å². The van der Waals surface area contributed by atoms with Gasteiger partial charge in [0.05, 0.1) is 7.11 Å². The first-order chi connectivity index (χ1) is 16.7. The summed E-state index contributed by atoms with van der Waals surface area (Å²) >= 11 is 6.00. The van der Waals surface area contributed by atoms with Crippen LogP contribution in [0.2, 0.25) is 5.02 Å². The van der Waals surface area contributed by atoms with Gasteiger partial charge in [-0.25, -0.2) is 4.98 Å². The molecule has 0 aliphatic carbocycles. The molecule has 176 valence electrons. The molecule has 0 atom stereocenters. The van der Waals surface area contributed by atoms with E-state index in [1.54, 1.807) is 13.3 Å². The summed E-state index contributed by atoms with van der Waals surface area (Å²) in [5.74, 6) is 2.33. The first kappa shape index (κ1) is 22.8. The number of likely N-dealkylation sites (tertiary alicyclic amines) is 1. The van der Waals surface area contributed by atoms with Crippen molar-refractivity contribution in [3.8, 4) is 17.4 Å². The van der Waals surface area contributed by atoms with Crippen LogP contribution in [0.4, 0.5) is 5.69 Å². The molecule has 3 aromatic rings. The van der Waals surface area contributed by atoms with Crippen molar-refractivity contribution < 1.29 is 9.47 Å². The molecule has 2 aliphatic rings. The quantitative estimate of drug-likeness (QED) is 0.444. The van der Waals surface area contributed by atoms with Gasteiger partial charge in [-0.2, -0.15) is 0 Å². The number of anilines is 1. The number of aromatic nitrogens is 1. The predicted octanol–water partition coefficient (Wildman–Crippen LogP) is 6.44. The lowest BCUT2D eigenvalue weighted by atomic mass is 9.97. The van der Waals surface area contributed by atoms with Gasteiger partial charge in [0.1, 0.15) is 11.5 Å². The molecule has 0 bridgehead atoms. The number of rotatable bonds is 6. The fourth-order valence-corrected chi connectivity index (χ4v) is 4.93. The normalized spacial score (nSPS) is 17.4. The second-order valence-electron chi connectivity index (χ2n) is 8.86. The Kier molecular flexibility index (Phi) is 7.02. The molecule has 0 radical (unpaired) electrons. The van der Waals surface area contributed by atoms with E-state index in [-0.39, 0.29) is 0 Å². The third-order valence-electron chi connectivity index (χ3n) is 6.64. The molecule has 5 rings (SSSR count). The highest BCUT2D eigenvalue weighted by Crippen LogP contribution is 2.41. The van der Waals surface area contributed by atoms with Crippen LogP contribution < -0.4 is 14.8 Å². The van der Waals surface area contributed by atoms with E-state index in [9.17, 15) is 0 Å². The Morgan fingerprint density at radius 1 is 1.12 bits per heavy atom. The lowest BCUT2D eigenvalue weighted by molar-refractivity contribution is 0.223. The number of methoxy groups -OCH3 is 1. The average Bonchev–Trinajstić information content (AvgIpc) is 3.03. The van der Waals surface area contributed by atoms with Crippen molar-refractivity contribution in [1.29, 1.82) is 0 Å². The number of pyridine rings is 1. The molecule has 0 saturated carbocycles. The van der Waals surface area contributed by atoms with Crippen LogP contribution in [0.5, 0.6) is 17.4 Å². The lowest BCUT2D eigenvalue weighted by Crippen LogP contribution is -2.39. The summed E-state index contributed by atoms with van der Waals surface area (Å²) < 4.78 is 11.8. The summed E-state index contributed by atoms with van der Waals surface area (Å²) in [5, 5.41) is 4.42. The molecular weight excluding hydrogens is 446 g/mol. The zero-order chi connectivity index (χ0) is 23.3.